The molecule has 0 aliphatic carbocycles. The second-order valence-corrected chi connectivity index (χ2v) is 10.7. The van der Waals surface area contributed by atoms with E-state index in [-0.39, 0.29) is 27.8 Å². The van der Waals surface area contributed by atoms with Crippen LogP contribution < -0.4 is 19.5 Å². The Balaban J connectivity index is 1.71. The topological polar surface area (TPSA) is 128 Å². The van der Waals surface area contributed by atoms with E-state index in [1.807, 2.05) is 0 Å². The Kier molecular flexibility index (Phi) is 6.22. The van der Waals surface area contributed by atoms with Crippen LogP contribution in [0.25, 0.3) is 0 Å². The van der Waals surface area contributed by atoms with Crippen molar-refractivity contribution in [3.8, 4) is 11.5 Å². The number of carbonyl (C=O) groups is 1. The van der Waals surface area contributed by atoms with Gasteiger partial charge in [-0.25, -0.2) is 16.8 Å². The zero-order chi connectivity index (χ0) is 21.9. The molecule has 1 amide bonds. The summed E-state index contributed by atoms with van der Waals surface area (Å²) in [6.45, 7) is 0. The van der Waals surface area contributed by atoms with Gasteiger partial charge in [-0.05, 0) is 42.8 Å². The Labute approximate surface area is 175 Å². The Hall–Kier alpha value is -2.79. The highest BCUT2D eigenvalue weighted by molar-refractivity contribution is 7.92. The van der Waals surface area contributed by atoms with Gasteiger partial charge in [0.15, 0.2) is 9.84 Å². The van der Waals surface area contributed by atoms with Gasteiger partial charge in [0.05, 0.1) is 25.7 Å². The van der Waals surface area contributed by atoms with Crippen molar-refractivity contribution in [3.05, 3.63) is 48.0 Å². The van der Waals surface area contributed by atoms with Gasteiger partial charge in [-0.1, -0.05) is 0 Å². The number of rotatable bonds is 7. The molecule has 0 aromatic heterocycles. The third-order valence-corrected chi connectivity index (χ3v) is 7.82. The van der Waals surface area contributed by atoms with E-state index in [9.17, 15) is 21.6 Å². The van der Waals surface area contributed by atoms with Crippen molar-refractivity contribution in [2.45, 2.75) is 17.4 Å². The summed E-state index contributed by atoms with van der Waals surface area (Å²) in [4.78, 5) is 12.2. The maximum absolute atomic E-state index is 12.7. The van der Waals surface area contributed by atoms with Crippen molar-refractivity contribution in [2.24, 2.45) is 0 Å². The molecule has 1 saturated heterocycles. The minimum Gasteiger partial charge on any atom is -0.497 e. The minimum atomic E-state index is -3.94. The van der Waals surface area contributed by atoms with Crippen molar-refractivity contribution in [3.63, 3.8) is 0 Å². The molecule has 0 saturated carbocycles. The number of ether oxygens (including phenoxy) is 2. The molecule has 1 aliphatic rings. The molecule has 0 bridgehead atoms. The number of hydrogen-bond acceptors (Lipinski definition) is 7. The van der Waals surface area contributed by atoms with Crippen LogP contribution in [0.2, 0.25) is 0 Å². The smallest absolute Gasteiger partial charge is 0.265 e. The van der Waals surface area contributed by atoms with Gasteiger partial charge in [-0.2, -0.15) is 0 Å². The van der Waals surface area contributed by atoms with E-state index in [0.29, 0.717) is 17.7 Å². The van der Waals surface area contributed by atoms with Crippen LogP contribution in [0.5, 0.6) is 11.5 Å². The second kappa shape index (κ2) is 8.52. The first-order chi connectivity index (χ1) is 14.1. The Morgan fingerprint density at radius 1 is 1.07 bits per heavy atom. The molecule has 30 heavy (non-hydrogen) atoms. The highest BCUT2D eigenvalue weighted by Gasteiger charge is 2.29. The van der Waals surface area contributed by atoms with Crippen molar-refractivity contribution >= 4 is 31.5 Å². The van der Waals surface area contributed by atoms with Crippen LogP contribution in [0.3, 0.4) is 0 Å². The largest absolute Gasteiger partial charge is 0.497 e. The first-order valence-corrected chi connectivity index (χ1v) is 12.3. The molecular weight excluding hydrogens is 432 g/mol. The summed E-state index contributed by atoms with van der Waals surface area (Å²) in [5, 5.41) is 2.69. The Bertz CT molecular complexity index is 1140. The lowest BCUT2D eigenvalue weighted by Gasteiger charge is -2.13. The van der Waals surface area contributed by atoms with Crippen LogP contribution in [0.15, 0.2) is 47.4 Å². The number of carbonyl (C=O) groups excluding carboxylic acids is 1. The van der Waals surface area contributed by atoms with E-state index >= 15 is 0 Å². The maximum atomic E-state index is 12.7. The number of methoxy groups -OCH3 is 2. The monoisotopic (exact) mass is 454 g/mol. The fourth-order valence-electron chi connectivity index (χ4n) is 3.07. The normalized spacial score (nSPS) is 17.9. The molecule has 1 fully saturated rings. The molecule has 9 nitrogen and oxygen atoms in total. The van der Waals surface area contributed by atoms with E-state index in [1.54, 1.807) is 0 Å². The summed E-state index contributed by atoms with van der Waals surface area (Å²) < 4.78 is 61.1. The lowest BCUT2D eigenvalue weighted by atomic mass is 10.1. The average molecular weight is 455 g/mol. The zero-order valence-electron chi connectivity index (χ0n) is 16.4. The number of sulfonamides is 1. The van der Waals surface area contributed by atoms with E-state index < -0.39 is 31.8 Å². The Morgan fingerprint density at radius 3 is 2.33 bits per heavy atom. The third-order valence-electron chi connectivity index (χ3n) is 4.63. The van der Waals surface area contributed by atoms with Crippen molar-refractivity contribution in [1.82, 2.24) is 5.32 Å². The highest BCUT2D eigenvalue weighted by Crippen LogP contribution is 2.29. The van der Waals surface area contributed by atoms with Gasteiger partial charge >= 0.3 is 0 Å². The fraction of sp³-hybridized carbons (Fsp3) is 0.316. The number of anilines is 1. The van der Waals surface area contributed by atoms with Gasteiger partial charge in [0.25, 0.3) is 15.9 Å². The Morgan fingerprint density at radius 2 is 1.77 bits per heavy atom. The summed E-state index contributed by atoms with van der Waals surface area (Å²) >= 11 is 0. The molecule has 3 rings (SSSR count). The molecule has 1 atom stereocenters. The molecule has 1 aliphatic heterocycles. The van der Waals surface area contributed by atoms with Gasteiger partial charge in [-0.3, -0.25) is 9.52 Å². The van der Waals surface area contributed by atoms with Gasteiger partial charge in [-0.15, -0.1) is 0 Å². The van der Waals surface area contributed by atoms with Crippen LogP contribution in [-0.4, -0.2) is 54.5 Å². The maximum Gasteiger partial charge on any atom is 0.265 e. The molecule has 162 valence electrons. The molecular formula is C19H22N2O7S2. The van der Waals surface area contributed by atoms with E-state index in [4.69, 9.17) is 9.47 Å². The van der Waals surface area contributed by atoms with Crippen LogP contribution in [0, 0.1) is 0 Å². The first-order valence-electron chi connectivity index (χ1n) is 9.00. The standard InChI is InChI=1S/C19H22N2O7S2/c1-27-16-7-8-18(17(11-16)28-2)30(25,26)21-14-5-3-13(4-6-14)19(22)20-15-9-10-29(23,24)12-15/h3-8,11,15,21H,9-10,12H2,1-2H3,(H,20,22)/t15-/m0/s1. The van der Waals surface area contributed by atoms with Gasteiger partial charge in [0.1, 0.15) is 16.4 Å². The van der Waals surface area contributed by atoms with Crippen LogP contribution in [0.4, 0.5) is 5.69 Å². The average Bonchev–Trinajstić information content (AvgIpc) is 3.05. The van der Waals surface area contributed by atoms with Gasteiger partial charge in [0, 0.05) is 23.4 Å². The number of amides is 1. The van der Waals surface area contributed by atoms with E-state index in [1.165, 1.54) is 56.7 Å². The van der Waals surface area contributed by atoms with Crippen molar-refractivity contribution < 1.29 is 31.1 Å². The summed E-state index contributed by atoms with van der Waals surface area (Å²) in [5.74, 6) is 0.164. The molecule has 0 unspecified atom stereocenters. The lowest BCUT2D eigenvalue weighted by molar-refractivity contribution is 0.0941. The second-order valence-electron chi connectivity index (χ2n) is 6.77. The molecule has 2 aromatic rings. The summed E-state index contributed by atoms with van der Waals surface area (Å²) in [6.07, 6.45) is 0.385. The quantitative estimate of drug-likeness (QED) is 0.648. The molecule has 0 spiro atoms. The number of nitrogens with one attached hydrogen (secondary N) is 2. The molecule has 2 aromatic carbocycles. The number of sulfone groups is 1. The van der Waals surface area contributed by atoms with E-state index in [0.717, 1.165) is 0 Å². The summed E-state index contributed by atoms with van der Waals surface area (Å²) in [6, 6.07) is 9.75. The summed E-state index contributed by atoms with van der Waals surface area (Å²) in [7, 11) is -4.22. The minimum absolute atomic E-state index is 0.0601. The fourth-order valence-corrected chi connectivity index (χ4v) is 5.96. The predicted molar refractivity (Wildman–Crippen MR) is 111 cm³/mol. The molecule has 11 heteroatoms. The third kappa shape index (κ3) is 5.03. The van der Waals surface area contributed by atoms with Crippen LogP contribution in [-0.2, 0) is 19.9 Å². The first kappa shape index (κ1) is 21.9. The van der Waals surface area contributed by atoms with Gasteiger partial charge < -0.3 is 14.8 Å². The zero-order valence-corrected chi connectivity index (χ0v) is 18.0. The van der Waals surface area contributed by atoms with Crippen LogP contribution in [0.1, 0.15) is 16.8 Å². The van der Waals surface area contributed by atoms with Crippen LogP contribution >= 0.6 is 0 Å². The SMILES string of the molecule is COc1ccc(S(=O)(=O)Nc2ccc(C(=O)N[C@H]3CCS(=O)(=O)C3)cc2)c(OC)c1. The number of hydrogen-bond donors (Lipinski definition) is 2. The van der Waals surface area contributed by atoms with E-state index in [2.05, 4.69) is 10.0 Å². The van der Waals surface area contributed by atoms with Crippen molar-refractivity contribution in [2.75, 3.05) is 30.4 Å². The predicted octanol–water partition coefficient (Wildman–Crippen LogP) is 1.42. The number of benzene rings is 2. The molecule has 0 radical (unpaired) electrons. The van der Waals surface area contributed by atoms with Crippen molar-refractivity contribution in [1.29, 1.82) is 0 Å². The molecule has 2 N–H and O–H groups in total. The summed E-state index contributed by atoms with van der Waals surface area (Å²) in [5.41, 5.74) is 0.553. The lowest BCUT2D eigenvalue weighted by Crippen LogP contribution is -2.35. The highest BCUT2D eigenvalue weighted by atomic mass is 32.2. The van der Waals surface area contributed by atoms with Gasteiger partial charge in [0.2, 0.25) is 0 Å². The molecule has 1 heterocycles.